The van der Waals surface area contributed by atoms with Crippen molar-refractivity contribution in [3.63, 3.8) is 0 Å². The van der Waals surface area contributed by atoms with Crippen LogP contribution in [-0.4, -0.2) is 12.2 Å². The second kappa shape index (κ2) is 6.33. The summed E-state index contributed by atoms with van der Waals surface area (Å²) in [6.07, 6.45) is 0. The SMILES string of the molecule is COc1ccc(NCc2ccc(C(C)C)cc2)cc1O. The molecule has 2 N–H and O–H groups in total. The maximum atomic E-state index is 9.72. The number of hydrogen-bond acceptors (Lipinski definition) is 3. The molecular weight excluding hydrogens is 250 g/mol. The second-order valence-corrected chi connectivity index (χ2v) is 5.14. The Bertz CT molecular complexity index is 562. The minimum atomic E-state index is 0.146. The van der Waals surface area contributed by atoms with Gasteiger partial charge in [-0.2, -0.15) is 0 Å². The van der Waals surface area contributed by atoms with E-state index in [0.29, 0.717) is 11.7 Å². The average Bonchev–Trinajstić information content (AvgIpc) is 2.45. The van der Waals surface area contributed by atoms with Gasteiger partial charge in [0, 0.05) is 18.3 Å². The molecule has 0 saturated heterocycles. The Kier molecular flexibility index (Phi) is 4.51. The lowest BCUT2D eigenvalue weighted by atomic mass is 10.0. The Labute approximate surface area is 120 Å². The molecule has 0 saturated carbocycles. The first-order valence-electron chi connectivity index (χ1n) is 6.80. The number of benzene rings is 2. The molecule has 0 heterocycles. The third-order valence-electron chi connectivity index (χ3n) is 3.32. The normalized spacial score (nSPS) is 10.6. The first kappa shape index (κ1) is 14.3. The first-order chi connectivity index (χ1) is 9.60. The van der Waals surface area contributed by atoms with Crippen LogP contribution in [0.15, 0.2) is 42.5 Å². The number of hydrogen-bond donors (Lipinski definition) is 2. The van der Waals surface area contributed by atoms with E-state index in [0.717, 1.165) is 12.2 Å². The Morgan fingerprint density at radius 2 is 1.80 bits per heavy atom. The summed E-state index contributed by atoms with van der Waals surface area (Å²) in [6, 6.07) is 13.9. The lowest BCUT2D eigenvalue weighted by molar-refractivity contribution is 0.373. The van der Waals surface area contributed by atoms with E-state index in [1.165, 1.54) is 11.1 Å². The Hall–Kier alpha value is -2.16. The largest absolute Gasteiger partial charge is 0.504 e. The van der Waals surface area contributed by atoms with E-state index in [1.54, 1.807) is 19.2 Å². The molecule has 2 rings (SSSR count). The number of ether oxygens (including phenoxy) is 1. The molecule has 3 nitrogen and oxygen atoms in total. The molecule has 0 fully saturated rings. The topological polar surface area (TPSA) is 41.5 Å². The van der Waals surface area contributed by atoms with Gasteiger partial charge in [-0.3, -0.25) is 0 Å². The van der Waals surface area contributed by atoms with E-state index in [-0.39, 0.29) is 5.75 Å². The number of methoxy groups -OCH3 is 1. The van der Waals surface area contributed by atoms with E-state index >= 15 is 0 Å². The van der Waals surface area contributed by atoms with Gasteiger partial charge in [0.1, 0.15) is 0 Å². The summed E-state index contributed by atoms with van der Waals surface area (Å²) in [5.74, 6) is 1.18. The molecule has 0 bridgehead atoms. The predicted molar refractivity (Wildman–Crippen MR) is 82.5 cm³/mol. The number of phenolic OH excluding ortho intramolecular Hbond substituents is 1. The average molecular weight is 271 g/mol. The van der Waals surface area contributed by atoms with Gasteiger partial charge in [0.05, 0.1) is 7.11 Å². The highest BCUT2D eigenvalue weighted by atomic mass is 16.5. The minimum Gasteiger partial charge on any atom is -0.504 e. The van der Waals surface area contributed by atoms with Crippen molar-refractivity contribution >= 4 is 5.69 Å². The third-order valence-corrected chi connectivity index (χ3v) is 3.32. The van der Waals surface area contributed by atoms with Crippen LogP contribution in [0.5, 0.6) is 11.5 Å². The number of rotatable bonds is 5. The van der Waals surface area contributed by atoms with Crippen LogP contribution in [0.3, 0.4) is 0 Å². The number of anilines is 1. The molecule has 2 aromatic carbocycles. The van der Waals surface area contributed by atoms with E-state index < -0.39 is 0 Å². The molecule has 0 spiro atoms. The zero-order valence-electron chi connectivity index (χ0n) is 12.2. The lowest BCUT2D eigenvalue weighted by Gasteiger charge is -2.10. The fourth-order valence-electron chi connectivity index (χ4n) is 2.02. The molecule has 0 unspecified atom stereocenters. The summed E-state index contributed by atoms with van der Waals surface area (Å²) in [5, 5.41) is 13.0. The number of nitrogens with one attached hydrogen (secondary N) is 1. The fraction of sp³-hybridized carbons (Fsp3) is 0.294. The van der Waals surface area contributed by atoms with Gasteiger partial charge in [-0.15, -0.1) is 0 Å². The maximum Gasteiger partial charge on any atom is 0.160 e. The third kappa shape index (κ3) is 3.44. The summed E-state index contributed by atoms with van der Waals surface area (Å²) in [6.45, 7) is 5.10. The van der Waals surface area contributed by atoms with Crippen molar-refractivity contribution in [3.8, 4) is 11.5 Å². The summed E-state index contributed by atoms with van der Waals surface area (Å²) >= 11 is 0. The van der Waals surface area contributed by atoms with Gasteiger partial charge in [-0.05, 0) is 29.2 Å². The maximum absolute atomic E-state index is 9.72. The smallest absolute Gasteiger partial charge is 0.160 e. The fourth-order valence-corrected chi connectivity index (χ4v) is 2.02. The molecule has 0 atom stereocenters. The predicted octanol–water partition coefficient (Wildman–Crippen LogP) is 4.14. The summed E-state index contributed by atoms with van der Waals surface area (Å²) in [4.78, 5) is 0. The van der Waals surface area contributed by atoms with Gasteiger partial charge < -0.3 is 15.2 Å². The first-order valence-corrected chi connectivity index (χ1v) is 6.80. The highest BCUT2D eigenvalue weighted by Gasteiger charge is 2.03. The quantitative estimate of drug-likeness (QED) is 0.859. The van der Waals surface area contributed by atoms with Crippen molar-refractivity contribution in [2.45, 2.75) is 26.3 Å². The molecule has 0 aliphatic heterocycles. The van der Waals surface area contributed by atoms with E-state index in [1.807, 2.05) is 6.07 Å². The molecular formula is C17H21NO2. The van der Waals surface area contributed by atoms with E-state index in [2.05, 4.69) is 43.4 Å². The molecule has 0 amide bonds. The van der Waals surface area contributed by atoms with Crippen molar-refractivity contribution < 1.29 is 9.84 Å². The van der Waals surface area contributed by atoms with Crippen LogP contribution >= 0.6 is 0 Å². The highest BCUT2D eigenvalue weighted by Crippen LogP contribution is 2.28. The van der Waals surface area contributed by atoms with Crippen molar-refractivity contribution in [2.75, 3.05) is 12.4 Å². The van der Waals surface area contributed by atoms with Crippen molar-refractivity contribution in [3.05, 3.63) is 53.6 Å². The summed E-state index contributed by atoms with van der Waals surface area (Å²) < 4.78 is 5.02. The van der Waals surface area contributed by atoms with Crippen LogP contribution in [0.2, 0.25) is 0 Å². The van der Waals surface area contributed by atoms with Gasteiger partial charge in [-0.1, -0.05) is 38.1 Å². The van der Waals surface area contributed by atoms with Crippen LogP contribution in [0.25, 0.3) is 0 Å². The molecule has 0 aliphatic carbocycles. The molecule has 20 heavy (non-hydrogen) atoms. The Morgan fingerprint density at radius 1 is 1.10 bits per heavy atom. The standard InChI is InChI=1S/C17H21NO2/c1-12(2)14-6-4-13(5-7-14)11-18-15-8-9-17(20-3)16(19)10-15/h4-10,12,18-19H,11H2,1-3H3. The summed E-state index contributed by atoms with van der Waals surface area (Å²) in [5.41, 5.74) is 3.43. The van der Waals surface area contributed by atoms with Crippen LogP contribution in [0.1, 0.15) is 30.9 Å². The highest BCUT2D eigenvalue weighted by molar-refractivity contribution is 5.54. The minimum absolute atomic E-state index is 0.146. The molecule has 3 heteroatoms. The van der Waals surface area contributed by atoms with Gasteiger partial charge >= 0.3 is 0 Å². The van der Waals surface area contributed by atoms with Crippen LogP contribution in [0.4, 0.5) is 5.69 Å². The van der Waals surface area contributed by atoms with Crippen molar-refractivity contribution in [1.82, 2.24) is 0 Å². The van der Waals surface area contributed by atoms with Crippen LogP contribution < -0.4 is 10.1 Å². The van der Waals surface area contributed by atoms with Gasteiger partial charge in [-0.25, -0.2) is 0 Å². The monoisotopic (exact) mass is 271 g/mol. The summed E-state index contributed by atoms with van der Waals surface area (Å²) in [7, 11) is 1.54. The molecule has 0 radical (unpaired) electrons. The van der Waals surface area contributed by atoms with E-state index in [9.17, 15) is 5.11 Å². The lowest BCUT2D eigenvalue weighted by Crippen LogP contribution is -2.00. The van der Waals surface area contributed by atoms with Crippen LogP contribution in [-0.2, 0) is 6.54 Å². The van der Waals surface area contributed by atoms with Gasteiger partial charge in [0.15, 0.2) is 11.5 Å². The molecule has 0 aliphatic rings. The Morgan fingerprint density at radius 3 is 2.35 bits per heavy atom. The number of aromatic hydroxyl groups is 1. The number of phenols is 1. The molecule has 0 aromatic heterocycles. The second-order valence-electron chi connectivity index (χ2n) is 5.14. The van der Waals surface area contributed by atoms with Crippen molar-refractivity contribution in [1.29, 1.82) is 0 Å². The molecule has 106 valence electrons. The van der Waals surface area contributed by atoms with Crippen molar-refractivity contribution in [2.24, 2.45) is 0 Å². The van der Waals surface area contributed by atoms with E-state index in [4.69, 9.17) is 4.74 Å². The zero-order valence-corrected chi connectivity index (χ0v) is 12.2. The Balaban J connectivity index is 1.99. The molecule has 2 aromatic rings. The zero-order chi connectivity index (χ0) is 14.5. The van der Waals surface area contributed by atoms with Gasteiger partial charge in [0.25, 0.3) is 0 Å². The van der Waals surface area contributed by atoms with Gasteiger partial charge in [0.2, 0.25) is 0 Å². The van der Waals surface area contributed by atoms with Crippen LogP contribution in [0, 0.1) is 0 Å².